The van der Waals surface area contributed by atoms with E-state index in [9.17, 15) is 4.79 Å². The molecule has 8 nitrogen and oxygen atoms in total. The van der Waals surface area contributed by atoms with E-state index in [2.05, 4.69) is 9.97 Å². The van der Waals surface area contributed by atoms with E-state index in [4.69, 9.17) is 14.1 Å². The van der Waals surface area contributed by atoms with E-state index in [-0.39, 0.29) is 11.9 Å². The quantitative estimate of drug-likeness (QED) is 0.628. The van der Waals surface area contributed by atoms with Gasteiger partial charge in [0.25, 0.3) is 0 Å². The first-order valence-electron chi connectivity index (χ1n) is 9.47. The fourth-order valence-electron chi connectivity index (χ4n) is 3.53. The summed E-state index contributed by atoms with van der Waals surface area (Å²) in [6, 6.07) is 3.70. The molecule has 0 aliphatic carbocycles. The van der Waals surface area contributed by atoms with Gasteiger partial charge in [-0.1, -0.05) is 0 Å². The molecule has 0 spiro atoms. The molecule has 3 aromatic heterocycles. The minimum absolute atomic E-state index is 0.150. The Bertz CT molecular complexity index is 951. The van der Waals surface area contributed by atoms with Crippen LogP contribution in [0, 0.1) is 5.92 Å². The van der Waals surface area contributed by atoms with Gasteiger partial charge in [0, 0.05) is 38.7 Å². The van der Waals surface area contributed by atoms with Crippen molar-refractivity contribution in [3.8, 4) is 22.8 Å². The van der Waals surface area contributed by atoms with Crippen LogP contribution in [0.4, 0.5) is 5.95 Å². The van der Waals surface area contributed by atoms with Crippen LogP contribution in [0.1, 0.15) is 19.8 Å². The molecule has 1 atom stereocenters. The highest BCUT2D eigenvalue weighted by Crippen LogP contribution is 2.31. The third-order valence-electron chi connectivity index (χ3n) is 4.92. The second kappa shape index (κ2) is 7.84. The van der Waals surface area contributed by atoms with Crippen LogP contribution < -0.4 is 4.90 Å². The molecule has 1 fully saturated rings. The lowest BCUT2D eigenvalue weighted by Gasteiger charge is -2.31. The summed E-state index contributed by atoms with van der Waals surface area (Å²) >= 11 is 0. The molecule has 0 unspecified atom stereocenters. The van der Waals surface area contributed by atoms with Crippen LogP contribution in [-0.2, 0) is 16.6 Å². The Morgan fingerprint density at radius 1 is 1.39 bits per heavy atom. The first-order chi connectivity index (χ1) is 13.7. The smallest absolute Gasteiger partial charge is 0.310 e. The minimum Gasteiger partial charge on any atom is -0.466 e. The molecule has 3 aromatic rings. The monoisotopic (exact) mass is 381 g/mol. The summed E-state index contributed by atoms with van der Waals surface area (Å²) in [5.74, 6) is 1.70. The molecule has 0 N–H and O–H groups in total. The summed E-state index contributed by atoms with van der Waals surface area (Å²) in [5.41, 5.74) is 1.48. The van der Waals surface area contributed by atoms with Gasteiger partial charge in [0.15, 0.2) is 5.76 Å². The number of carbonyl (C=O) groups excluding carboxylic acids is 1. The molecule has 1 saturated heterocycles. The Balaban J connectivity index is 1.68. The van der Waals surface area contributed by atoms with Gasteiger partial charge in [-0.15, -0.1) is 0 Å². The van der Waals surface area contributed by atoms with Crippen molar-refractivity contribution in [2.24, 2.45) is 13.0 Å². The van der Waals surface area contributed by atoms with Crippen molar-refractivity contribution in [3.63, 3.8) is 0 Å². The highest BCUT2D eigenvalue weighted by Gasteiger charge is 2.29. The van der Waals surface area contributed by atoms with E-state index in [0.717, 1.165) is 30.8 Å². The number of nitrogens with zero attached hydrogens (tertiary/aromatic N) is 5. The van der Waals surface area contributed by atoms with Crippen LogP contribution in [0.15, 0.2) is 41.4 Å². The number of furan rings is 1. The predicted molar refractivity (Wildman–Crippen MR) is 104 cm³/mol. The number of hydrogen-bond acceptors (Lipinski definition) is 7. The van der Waals surface area contributed by atoms with E-state index >= 15 is 0 Å². The number of rotatable bonds is 5. The Morgan fingerprint density at radius 2 is 2.29 bits per heavy atom. The van der Waals surface area contributed by atoms with Crippen molar-refractivity contribution in [2.75, 3.05) is 24.6 Å². The molecule has 4 heterocycles. The van der Waals surface area contributed by atoms with Crippen molar-refractivity contribution in [1.29, 1.82) is 0 Å². The highest BCUT2D eigenvalue weighted by molar-refractivity contribution is 5.76. The molecule has 146 valence electrons. The first-order valence-corrected chi connectivity index (χ1v) is 9.47. The predicted octanol–water partition coefficient (Wildman–Crippen LogP) is 2.92. The number of hydrogen-bond donors (Lipinski definition) is 0. The first kappa shape index (κ1) is 18.2. The fourth-order valence-corrected chi connectivity index (χ4v) is 3.53. The van der Waals surface area contributed by atoms with E-state index in [1.165, 1.54) is 0 Å². The van der Waals surface area contributed by atoms with Crippen molar-refractivity contribution in [2.45, 2.75) is 19.8 Å². The normalized spacial score (nSPS) is 16.9. The van der Waals surface area contributed by atoms with Crippen LogP contribution >= 0.6 is 0 Å². The average molecular weight is 381 g/mol. The Labute approximate surface area is 163 Å². The summed E-state index contributed by atoms with van der Waals surface area (Å²) in [6.45, 7) is 3.58. The molecule has 8 heteroatoms. The number of ether oxygens (including phenoxy) is 1. The maximum atomic E-state index is 12.2. The molecular formula is C20H23N5O3. The molecular weight excluding hydrogens is 358 g/mol. The molecule has 4 rings (SSSR count). The van der Waals surface area contributed by atoms with E-state index in [1.54, 1.807) is 18.7 Å². The lowest BCUT2D eigenvalue weighted by atomic mass is 9.98. The van der Waals surface area contributed by atoms with Gasteiger partial charge in [-0.25, -0.2) is 15.0 Å². The number of esters is 1. The summed E-state index contributed by atoms with van der Waals surface area (Å²) in [6.07, 6.45) is 8.73. The van der Waals surface area contributed by atoms with Crippen LogP contribution in [0.25, 0.3) is 22.8 Å². The van der Waals surface area contributed by atoms with Gasteiger partial charge in [0.1, 0.15) is 11.5 Å². The van der Waals surface area contributed by atoms with Gasteiger partial charge in [-0.05, 0) is 31.9 Å². The number of anilines is 1. The number of aromatic nitrogens is 4. The zero-order valence-electron chi connectivity index (χ0n) is 16.0. The lowest BCUT2D eigenvalue weighted by molar-refractivity contribution is -0.148. The lowest BCUT2D eigenvalue weighted by Crippen LogP contribution is -2.40. The van der Waals surface area contributed by atoms with Crippen molar-refractivity contribution in [3.05, 3.63) is 37.0 Å². The molecule has 1 aliphatic rings. The second-order valence-electron chi connectivity index (χ2n) is 6.81. The summed E-state index contributed by atoms with van der Waals surface area (Å²) in [5, 5.41) is 0. The number of piperidine rings is 1. The number of aryl methyl sites for hydroxylation is 1. The summed E-state index contributed by atoms with van der Waals surface area (Å²) in [4.78, 5) is 28.0. The maximum Gasteiger partial charge on any atom is 0.310 e. The maximum absolute atomic E-state index is 12.2. The van der Waals surface area contributed by atoms with E-state index in [0.29, 0.717) is 30.6 Å². The zero-order valence-corrected chi connectivity index (χ0v) is 16.0. The second-order valence-corrected chi connectivity index (χ2v) is 6.81. The summed E-state index contributed by atoms with van der Waals surface area (Å²) < 4.78 is 12.7. The third-order valence-corrected chi connectivity index (χ3v) is 4.92. The number of carbonyl (C=O) groups is 1. The van der Waals surface area contributed by atoms with Crippen molar-refractivity contribution in [1.82, 2.24) is 19.5 Å². The Morgan fingerprint density at radius 3 is 3.00 bits per heavy atom. The largest absolute Gasteiger partial charge is 0.466 e. The molecule has 1 aliphatic heterocycles. The Hall–Kier alpha value is -3.16. The van der Waals surface area contributed by atoms with Gasteiger partial charge < -0.3 is 18.6 Å². The summed E-state index contributed by atoms with van der Waals surface area (Å²) in [7, 11) is 1.93. The topological polar surface area (TPSA) is 86.3 Å². The standard InChI is InChI=1S/C20H23N5O3/c1-3-27-19(26)14-6-4-9-25(13-14)20-22-12-15(18-21-8-10-24(18)2)17(23-20)16-7-5-11-28-16/h5,7-8,10-12,14H,3-4,6,9,13H2,1-2H3/t14-/m0/s1. The van der Waals surface area contributed by atoms with Gasteiger partial charge in [-0.3, -0.25) is 4.79 Å². The average Bonchev–Trinajstić information content (AvgIpc) is 3.40. The molecule has 0 amide bonds. The molecule has 0 saturated carbocycles. The molecule has 0 aromatic carbocycles. The van der Waals surface area contributed by atoms with Gasteiger partial charge in [0.05, 0.1) is 24.4 Å². The van der Waals surface area contributed by atoms with Crippen LogP contribution in [0.5, 0.6) is 0 Å². The SMILES string of the molecule is CCOC(=O)[C@H]1CCCN(c2ncc(-c3nccn3C)c(-c3ccco3)n2)C1. The van der Waals surface area contributed by atoms with Gasteiger partial charge >= 0.3 is 5.97 Å². The zero-order chi connectivity index (χ0) is 19.5. The highest BCUT2D eigenvalue weighted by atomic mass is 16.5. The van der Waals surface area contributed by atoms with Crippen LogP contribution in [0.2, 0.25) is 0 Å². The van der Waals surface area contributed by atoms with Crippen molar-refractivity contribution >= 4 is 11.9 Å². The minimum atomic E-state index is -0.154. The van der Waals surface area contributed by atoms with Gasteiger partial charge in [-0.2, -0.15) is 0 Å². The van der Waals surface area contributed by atoms with E-state index < -0.39 is 0 Å². The molecule has 0 bridgehead atoms. The molecule has 0 radical (unpaired) electrons. The molecule has 28 heavy (non-hydrogen) atoms. The van der Waals surface area contributed by atoms with Crippen LogP contribution in [-0.4, -0.2) is 45.2 Å². The fraction of sp³-hybridized carbons (Fsp3) is 0.400. The van der Waals surface area contributed by atoms with E-state index in [1.807, 2.05) is 41.8 Å². The third kappa shape index (κ3) is 3.49. The van der Waals surface area contributed by atoms with Crippen LogP contribution in [0.3, 0.4) is 0 Å². The Kier molecular flexibility index (Phi) is 5.10. The number of imidazole rings is 1. The van der Waals surface area contributed by atoms with Crippen molar-refractivity contribution < 1.29 is 13.9 Å². The van der Waals surface area contributed by atoms with Gasteiger partial charge in [0.2, 0.25) is 5.95 Å².